The van der Waals surface area contributed by atoms with Crippen LogP contribution in [0.3, 0.4) is 0 Å². The summed E-state index contributed by atoms with van der Waals surface area (Å²) in [6.07, 6.45) is 5.37. The molecular formula is C20H25ClN2O. The van der Waals surface area contributed by atoms with E-state index in [2.05, 4.69) is 47.8 Å². The number of hydrogen-bond donors (Lipinski definition) is 2. The topological polar surface area (TPSA) is 55.1 Å². The zero-order valence-electron chi connectivity index (χ0n) is 13.8. The second-order valence-corrected chi connectivity index (χ2v) is 7.20. The van der Waals surface area contributed by atoms with Crippen molar-refractivity contribution in [1.29, 1.82) is 0 Å². The lowest BCUT2D eigenvalue weighted by Crippen LogP contribution is -2.52. The number of carbonyl (C=O) groups excluding carboxylic acids is 1. The molecule has 24 heavy (non-hydrogen) atoms. The fourth-order valence-electron chi connectivity index (χ4n) is 4.19. The van der Waals surface area contributed by atoms with Gasteiger partial charge in [0.2, 0.25) is 5.91 Å². The summed E-state index contributed by atoms with van der Waals surface area (Å²) in [7, 11) is 0. The van der Waals surface area contributed by atoms with Crippen molar-refractivity contribution in [2.75, 3.05) is 6.54 Å². The van der Waals surface area contributed by atoms with Crippen LogP contribution in [0.4, 0.5) is 0 Å². The summed E-state index contributed by atoms with van der Waals surface area (Å²) in [5.41, 5.74) is 7.12. The predicted octanol–water partition coefficient (Wildman–Crippen LogP) is 3.75. The monoisotopic (exact) mass is 344 g/mol. The van der Waals surface area contributed by atoms with Crippen molar-refractivity contribution < 1.29 is 4.79 Å². The first-order valence-electron chi connectivity index (χ1n) is 8.72. The Bertz CT molecular complexity index is 734. The normalized spacial score (nSPS) is 24.4. The van der Waals surface area contributed by atoms with Gasteiger partial charge in [0.25, 0.3) is 0 Å². The lowest BCUT2D eigenvalue weighted by molar-refractivity contribution is -0.124. The largest absolute Gasteiger partial charge is 0.349 e. The lowest BCUT2D eigenvalue weighted by Gasteiger charge is -2.28. The zero-order valence-corrected chi connectivity index (χ0v) is 14.6. The van der Waals surface area contributed by atoms with Gasteiger partial charge in [0, 0.05) is 12.5 Å². The van der Waals surface area contributed by atoms with E-state index in [0.717, 1.165) is 19.3 Å². The van der Waals surface area contributed by atoms with Crippen LogP contribution in [0.5, 0.6) is 0 Å². The molecular weight excluding hydrogens is 320 g/mol. The maximum absolute atomic E-state index is 12.7. The van der Waals surface area contributed by atoms with Crippen molar-refractivity contribution in [3.63, 3.8) is 0 Å². The summed E-state index contributed by atoms with van der Waals surface area (Å²) in [5.74, 6) is 0.678. The zero-order chi connectivity index (χ0) is 15.9. The molecule has 3 nitrogen and oxygen atoms in total. The van der Waals surface area contributed by atoms with E-state index in [0.29, 0.717) is 12.5 Å². The summed E-state index contributed by atoms with van der Waals surface area (Å²) in [6.45, 7) is 0.560. The standard InChI is InChI=1S/C20H24N2O.ClH/c21-13-20(10-3-4-11-20)22-19(23)18-12-17(18)16-9-5-7-14-6-1-2-8-15(14)16;/h1-2,5-9,17-18H,3-4,10-13,21H2,(H,22,23);1H. The van der Waals surface area contributed by atoms with Crippen LogP contribution in [0.1, 0.15) is 43.6 Å². The Kier molecular flexibility index (Phi) is 4.84. The molecule has 0 saturated heterocycles. The molecule has 0 aromatic heterocycles. The van der Waals surface area contributed by atoms with Gasteiger partial charge in [-0.3, -0.25) is 4.79 Å². The number of rotatable bonds is 4. The van der Waals surface area contributed by atoms with Gasteiger partial charge in [-0.2, -0.15) is 0 Å². The molecule has 4 rings (SSSR count). The van der Waals surface area contributed by atoms with Gasteiger partial charge < -0.3 is 11.1 Å². The number of halogens is 1. The molecule has 0 aliphatic heterocycles. The van der Waals surface area contributed by atoms with Crippen molar-refractivity contribution >= 4 is 29.1 Å². The summed E-state index contributed by atoms with van der Waals surface area (Å²) in [4.78, 5) is 12.7. The van der Waals surface area contributed by atoms with Gasteiger partial charge >= 0.3 is 0 Å². The number of carbonyl (C=O) groups is 1. The first-order valence-corrected chi connectivity index (χ1v) is 8.72. The van der Waals surface area contributed by atoms with Crippen LogP contribution < -0.4 is 11.1 Å². The highest BCUT2D eigenvalue weighted by atomic mass is 35.5. The Morgan fingerprint density at radius 1 is 1.12 bits per heavy atom. The third kappa shape index (κ3) is 3.03. The Hall–Kier alpha value is -1.58. The van der Waals surface area contributed by atoms with E-state index in [1.54, 1.807) is 0 Å². The molecule has 2 atom stereocenters. The van der Waals surface area contributed by atoms with Gasteiger partial charge in [-0.1, -0.05) is 55.3 Å². The summed E-state index contributed by atoms with van der Waals surface area (Å²) in [5, 5.41) is 5.82. The van der Waals surface area contributed by atoms with Gasteiger partial charge in [0.1, 0.15) is 0 Å². The van der Waals surface area contributed by atoms with Crippen LogP contribution in [0.25, 0.3) is 10.8 Å². The molecule has 2 aromatic carbocycles. The molecule has 0 radical (unpaired) electrons. The highest BCUT2D eigenvalue weighted by Crippen LogP contribution is 2.50. The van der Waals surface area contributed by atoms with E-state index in [-0.39, 0.29) is 29.8 Å². The van der Waals surface area contributed by atoms with E-state index in [1.165, 1.54) is 29.2 Å². The van der Waals surface area contributed by atoms with E-state index in [1.807, 2.05) is 0 Å². The van der Waals surface area contributed by atoms with Crippen LogP contribution in [0.2, 0.25) is 0 Å². The van der Waals surface area contributed by atoms with E-state index >= 15 is 0 Å². The Morgan fingerprint density at radius 3 is 2.58 bits per heavy atom. The molecule has 2 aliphatic rings. The number of amides is 1. The average molecular weight is 345 g/mol. The molecule has 0 spiro atoms. The van der Waals surface area contributed by atoms with E-state index in [9.17, 15) is 4.79 Å². The molecule has 0 bridgehead atoms. The van der Waals surface area contributed by atoms with Crippen LogP contribution >= 0.6 is 12.4 Å². The van der Waals surface area contributed by atoms with Crippen LogP contribution in [0, 0.1) is 5.92 Å². The third-order valence-corrected chi connectivity index (χ3v) is 5.69. The molecule has 128 valence electrons. The highest BCUT2D eigenvalue weighted by Gasteiger charge is 2.47. The SMILES string of the molecule is Cl.NCC1(NC(=O)C2CC2c2cccc3ccccc23)CCCC1. The number of nitrogens with two attached hydrogens (primary N) is 1. The molecule has 1 amide bonds. The summed E-state index contributed by atoms with van der Waals surface area (Å²) >= 11 is 0. The third-order valence-electron chi connectivity index (χ3n) is 5.69. The van der Waals surface area contributed by atoms with Gasteiger partial charge in [-0.05, 0) is 41.5 Å². The minimum atomic E-state index is -0.136. The quantitative estimate of drug-likeness (QED) is 0.887. The summed E-state index contributed by atoms with van der Waals surface area (Å²) in [6, 6.07) is 14.9. The van der Waals surface area contributed by atoms with Gasteiger partial charge in [0.15, 0.2) is 0 Å². The number of hydrogen-bond acceptors (Lipinski definition) is 2. The van der Waals surface area contributed by atoms with Crippen molar-refractivity contribution in [3.05, 3.63) is 48.0 Å². The number of benzene rings is 2. The molecule has 4 heteroatoms. The summed E-state index contributed by atoms with van der Waals surface area (Å²) < 4.78 is 0. The molecule has 2 aliphatic carbocycles. The fourth-order valence-corrected chi connectivity index (χ4v) is 4.19. The maximum Gasteiger partial charge on any atom is 0.224 e. The van der Waals surface area contributed by atoms with Crippen molar-refractivity contribution in [2.45, 2.75) is 43.6 Å². The minimum Gasteiger partial charge on any atom is -0.349 e. The van der Waals surface area contributed by atoms with Crippen molar-refractivity contribution in [1.82, 2.24) is 5.32 Å². The van der Waals surface area contributed by atoms with Crippen molar-refractivity contribution in [3.8, 4) is 0 Å². The van der Waals surface area contributed by atoms with Gasteiger partial charge in [0.05, 0.1) is 5.54 Å². The number of fused-ring (bicyclic) bond motifs is 1. The molecule has 3 N–H and O–H groups in total. The maximum atomic E-state index is 12.7. The molecule has 2 fully saturated rings. The second-order valence-electron chi connectivity index (χ2n) is 7.20. The Morgan fingerprint density at radius 2 is 1.83 bits per heavy atom. The molecule has 2 saturated carbocycles. The molecule has 2 aromatic rings. The van der Waals surface area contributed by atoms with Gasteiger partial charge in [-0.15, -0.1) is 12.4 Å². The lowest BCUT2D eigenvalue weighted by atomic mass is 9.96. The van der Waals surface area contributed by atoms with Gasteiger partial charge in [-0.25, -0.2) is 0 Å². The highest BCUT2D eigenvalue weighted by molar-refractivity contribution is 5.89. The average Bonchev–Trinajstić information content (AvgIpc) is 3.26. The molecule has 0 heterocycles. The van der Waals surface area contributed by atoms with Crippen LogP contribution in [-0.4, -0.2) is 18.0 Å². The smallest absolute Gasteiger partial charge is 0.224 e. The molecule has 2 unspecified atom stereocenters. The van der Waals surface area contributed by atoms with Crippen molar-refractivity contribution in [2.24, 2.45) is 11.7 Å². The number of nitrogens with one attached hydrogen (secondary N) is 1. The van der Waals surface area contributed by atoms with E-state index < -0.39 is 0 Å². The Balaban J connectivity index is 0.00000169. The minimum absolute atomic E-state index is 0. The van der Waals surface area contributed by atoms with Crippen LogP contribution in [-0.2, 0) is 4.79 Å². The first kappa shape index (κ1) is 17.2. The fraction of sp³-hybridized carbons (Fsp3) is 0.450. The Labute approximate surface area is 149 Å². The van der Waals surface area contributed by atoms with Crippen LogP contribution in [0.15, 0.2) is 42.5 Å². The second kappa shape index (κ2) is 6.73. The van der Waals surface area contributed by atoms with E-state index in [4.69, 9.17) is 5.73 Å². The predicted molar refractivity (Wildman–Crippen MR) is 100 cm³/mol. The first-order chi connectivity index (χ1) is 11.2.